The van der Waals surface area contributed by atoms with Gasteiger partial charge in [0.15, 0.2) is 11.4 Å². The van der Waals surface area contributed by atoms with Crippen LogP contribution in [0, 0.1) is 17.8 Å². The molecule has 186 valence electrons. The van der Waals surface area contributed by atoms with Gasteiger partial charge in [-0.3, -0.25) is 19.2 Å². The molecule has 0 heterocycles. The highest BCUT2D eigenvalue weighted by molar-refractivity contribution is 6.22. The standard InChI is InChI=1S/C25H28N2O8/c1-3-10(4-2)24(34)27-14-5-6-15(28)18-13(14)8-11-7-12-9-16(29)19(23(26)33)22(32)25(12,35)21(31)17(11)20(18)30/h5-6,10-12,28,30,32,35H,3-4,7-9H2,1-2H3,(H2,26,33)(H,27,34)/t11-,12+,25+/m1/s1. The van der Waals surface area contributed by atoms with Crippen LogP contribution < -0.4 is 11.1 Å². The number of nitrogens with one attached hydrogen (secondary N) is 1. The van der Waals surface area contributed by atoms with Gasteiger partial charge in [0.1, 0.15) is 22.8 Å². The fourth-order valence-electron chi connectivity index (χ4n) is 5.63. The number of aliphatic hydroxyl groups excluding tert-OH is 2. The van der Waals surface area contributed by atoms with E-state index in [1.54, 1.807) is 0 Å². The number of nitrogens with two attached hydrogens (primary N) is 1. The van der Waals surface area contributed by atoms with E-state index in [-0.39, 0.29) is 48.0 Å². The number of carbonyl (C=O) groups is 4. The third-order valence-corrected chi connectivity index (χ3v) is 7.56. The molecule has 0 spiro atoms. The Balaban J connectivity index is 1.84. The van der Waals surface area contributed by atoms with E-state index in [2.05, 4.69) is 5.32 Å². The summed E-state index contributed by atoms with van der Waals surface area (Å²) >= 11 is 0. The first-order chi connectivity index (χ1) is 16.5. The lowest BCUT2D eigenvalue weighted by molar-refractivity contribution is -0.147. The molecule has 0 bridgehead atoms. The number of aliphatic hydroxyl groups is 3. The first kappa shape index (κ1) is 24.5. The number of aromatic hydroxyl groups is 1. The molecular formula is C25H28N2O8. The fraction of sp³-hybridized carbons (Fsp3) is 0.440. The van der Waals surface area contributed by atoms with E-state index in [4.69, 9.17) is 5.73 Å². The average Bonchev–Trinajstić information content (AvgIpc) is 2.78. The van der Waals surface area contributed by atoms with Crippen molar-refractivity contribution in [3.63, 3.8) is 0 Å². The molecular weight excluding hydrogens is 456 g/mol. The lowest BCUT2D eigenvalue weighted by Gasteiger charge is -2.46. The van der Waals surface area contributed by atoms with Gasteiger partial charge >= 0.3 is 0 Å². The summed E-state index contributed by atoms with van der Waals surface area (Å²) < 4.78 is 0. The van der Waals surface area contributed by atoms with Crippen molar-refractivity contribution in [2.75, 3.05) is 5.32 Å². The predicted octanol–water partition coefficient (Wildman–Crippen LogP) is 1.80. The van der Waals surface area contributed by atoms with Crippen molar-refractivity contribution in [1.82, 2.24) is 0 Å². The van der Waals surface area contributed by atoms with Crippen LogP contribution in [-0.4, -0.2) is 49.4 Å². The molecule has 1 saturated carbocycles. The normalized spacial score (nSPS) is 25.8. The Hall–Kier alpha value is -3.66. The molecule has 1 aromatic rings. The second-order valence-electron chi connectivity index (χ2n) is 9.40. The van der Waals surface area contributed by atoms with Crippen molar-refractivity contribution in [3.05, 3.63) is 40.2 Å². The van der Waals surface area contributed by atoms with E-state index in [0.29, 0.717) is 24.1 Å². The summed E-state index contributed by atoms with van der Waals surface area (Å²) in [6.45, 7) is 3.79. The van der Waals surface area contributed by atoms with Crippen LogP contribution in [0.15, 0.2) is 29.0 Å². The van der Waals surface area contributed by atoms with E-state index in [9.17, 15) is 39.6 Å². The molecule has 1 aromatic carbocycles. The Morgan fingerprint density at radius 2 is 1.80 bits per heavy atom. The van der Waals surface area contributed by atoms with Gasteiger partial charge in [0.2, 0.25) is 11.7 Å². The van der Waals surface area contributed by atoms with Crippen LogP contribution in [0.1, 0.15) is 50.7 Å². The highest BCUT2D eigenvalue weighted by atomic mass is 16.3. The maximum atomic E-state index is 13.5. The van der Waals surface area contributed by atoms with Crippen molar-refractivity contribution in [2.24, 2.45) is 23.5 Å². The zero-order valence-corrected chi connectivity index (χ0v) is 19.4. The Labute approximate surface area is 201 Å². The molecule has 7 N–H and O–H groups in total. The Bertz CT molecular complexity index is 1230. The average molecular weight is 485 g/mol. The second kappa shape index (κ2) is 8.53. The van der Waals surface area contributed by atoms with Crippen LogP contribution >= 0.6 is 0 Å². The van der Waals surface area contributed by atoms with Crippen molar-refractivity contribution in [1.29, 1.82) is 0 Å². The number of anilines is 1. The fourth-order valence-corrected chi connectivity index (χ4v) is 5.63. The molecule has 10 heteroatoms. The second-order valence-corrected chi connectivity index (χ2v) is 9.40. The molecule has 3 aliphatic rings. The van der Waals surface area contributed by atoms with E-state index < -0.39 is 52.0 Å². The highest BCUT2D eigenvalue weighted by Crippen LogP contribution is 2.52. The van der Waals surface area contributed by atoms with Crippen molar-refractivity contribution in [2.45, 2.75) is 51.6 Å². The number of rotatable bonds is 5. The molecule has 2 amide bonds. The van der Waals surface area contributed by atoms with Crippen LogP contribution in [0.4, 0.5) is 5.69 Å². The SMILES string of the molecule is CCC(CC)C(=O)Nc1ccc(O)c2c1C[C@H]1C[C@H]3CC(=O)C(C(N)=O)=C(O)[C@@]3(O)C(=O)C1=C2O. The molecule has 10 nitrogen and oxygen atoms in total. The molecule has 3 atom stereocenters. The number of primary amides is 1. The minimum Gasteiger partial charge on any atom is -0.508 e. The number of fused-ring (bicyclic) bond motifs is 3. The maximum Gasteiger partial charge on any atom is 0.255 e. The van der Waals surface area contributed by atoms with Gasteiger partial charge in [-0.2, -0.15) is 0 Å². The van der Waals surface area contributed by atoms with Gasteiger partial charge in [0.05, 0.1) is 5.56 Å². The maximum absolute atomic E-state index is 13.5. The van der Waals surface area contributed by atoms with E-state index in [1.165, 1.54) is 12.1 Å². The van der Waals surface area contributed by atoms with Gasteiger partial charge in [-0.25, -0.2) is 0 Å². The number of phenols is 1. The summed E-state index contributed by atoms with van der Waals surface area (Å²) in [4.78, 5) is 50.3. The Morgan fingerprint density at radius 3 is 2.40 bits per heavy atom. The van der Waals surface area contributed by atoms with E-state index >= 15 is 0 Å². The topological polar surface area (TPSA) is 187 Å². The lowest BCUT2D eigenvalue weighted by Crippen LogP contribution is -2.58. The number of ketones is 2. The lowest BCUT2D eigenvalue weighted by atomic mass is 9.59. The van der Waals surface area contributed by atoms with Gasteiger partial charge in [-0.05, 0) is 49.3 Å². The third kappa shape index (κ3) is 3.51. The van der Waals surface area contributed by atoms with Gasteiger partial charge in [-0.1, -0.05) is 13.8 Å². The number of amides is 2. The first-order valence-electron chi connectivity index (χ1n) is 11.6. The van der Waals surface area contributed by atoms with Crippen molar-refractivity contribution >= 4 is 34.8 Å². The molecule has 0 aromatic heterocycles. The monoisotopic (exact) mass is 484 g/mol. The molecule has 0 aliphatic heterocycles. The zero-order chi connectivity index (χ0) is 25.8. The summed E-state index contributed by atoms with van der Waals surface area (Å²) in [6.07, 6.45) is 1.03. The molecule has 35 heavy (non-hydrogen) atoms. The van der Waals surface area contributed by atoms with Crippen LogP contribution in [0.25, 0.3) is 5.76 Å². The zero-order valence-electron chi connectivity index (χ0n) is 19.4. The number of hydrogen-bond donors (Lipinski definition) is 6. The summed E-state index contributed by atoms with van der Waals surface area (Å²) in [5.74, 6) is -7.28. The molecule has 0 unspecified atom stereocenters. The van der Waals surface area contributed by atoms with E-state index in [0.717, 1.165) is 0 Å². The third-order valence-electron chi connectivity index (χ3n) is 7.56. The van der Waals surface area contributed by atoms with Crippen LogP contribution in [0.2, 0.25) is 0 Å². The molecule has 1 fully saturated rings. The predicted molar refractivity (Wildman–Crippen MR) is 124 cm³/mol. The van der Waals surface area contributed by atoms with Crippen molar-refractivity contribution in [3.8, 4) is 5.75 Å². The highest BCUT2D eigenvalue weighted by Gasteiger charge is 2.60. The number of hydrogen-bond acceptors (Lipinski definition) is 8. The summed E-state index contributed by atoms with van der Waals surface area (Å²) in [5, 5.41) is 46.3. The van der Waals surface area contributed by atoms with Gasteiger partial charge in [-0.15, -0.1) is 0 Å². The van der Waals surface area contributed by atoms with Crippen LogP contribution in [0.3, 0.4) is 0 Å². The summed E-state index contributed by atoms with van der Waals surface area (Å²) in [7, 11) is 0. The van der Waals surface area contributed by atoms with Crippen LogP contribution in [-0.2, 0) is 25.6 Å². The van der Waals surface area contributed by atoms with Gasteiger partial charge in [0, 0.05) is 29.5 Å². The quantitative estimate of drug-likeness (QED) is 0.269. The molecule has 4 rings (SSSR count). The minimum atomic E-state index is -2.60. The van der Waals surface area contributed by atoms with Gasteiger partial charge in [0.25, 0.3) is 5.91 Å². The Morgan fingerprint density at radius 1 is 1.14 bits per heavy atom. The van der Waals surface area contributed by atoms with E-state index in [1.807, 2.05) is 13.8 Å². The van der Waals surface area contributed by atoms with Crippen LogP contribution in [0.5, 0.6) is 5.75 Å². The Kier molecular flexibility index (Phi) is 5.96. The molecule has 0 radical (unpaired) electrons. The number of benzene rings is 1. The summed E-state index contributed by atoms with van der Waals surface area (Å²) in [6, 6.07) is 2.80. The minimum absolute atomic E-state index is 0.0263. The molecule has 3 aliphatic carbocycles. The largest absolute Gasteiger partial charge is 0.508 e. The number of phenolic OH excluding ortho intramolecular Hbond substituents is 1. The number of carbonyl (C=O) groups excluding carboxylic acids is 4. The number of Topliss-reactive ketones (excluding diaryl/α,β-unsaturated/α-hetero) is 2. The molecule has 0 saturated heterocycles. The van der Waals surface area contributed by atoms with Crippen molar-refractivity contribution < 1.29 is 39.6 Å². The summed E-state index contributed by atoms with van der Waals surface area (Å²) in [5.41, 5.74) is 2.28. The van der Waals surface area contributed by atoms with Gasteiger partial charge < -0.3 is 31.5 Å². The smallest absolute Gasteiger partial charge is 0.255 e. The first-order valence-corrected chi connectivity index (χ1v) is 11.6.